The number of carbonyl (C=O) groups excluding carboxylic acids is 1. The van der Waals surface area contributed by atoms with Crippen molar-refractivity contribution in [3.8, 4) is 11.5 Å². The largest absolute Gasteiger partial charge is 0.457 e. The zero-order valence-corrected chi connectivity index (χ0v) is 20.5. The summed E-state index contributed by atoms with van der Waals surface area (Å²) in [4.78, 5) is 43.8. The molecule has 1 heterocycles. The molecule has 0 radical (unpaired) electrons. The summed E-state index contributed by atoms with van der Waals surface area (Å²) in [5.41, 5.74) is 1.18. The molecule has 0 saturated heterocycles. The molecule has 1 amide bonds. The summed E-state index contributed by atoms with van der Waals surface area (Å²) in [6, 6.07) is 21.0. The first-order valence-corrected chi connectivity index (χ1v) is 11.6. The predicted octanol–water partition coefficient (Wildman–Crippen LogP) is 4.04. The lowest BCUT2D eigenvalue weighted by Gasteiger charge is -2.10. The lowest BCUT2D eigenvalue weighted by molar-refractivity contribution is -0.114. The predicted molar refractivity (Wildman–Crippen MR) is 138 cm³/mol. The molecular formula is C26H24ClN5O4. The van der Waals surface area contributed by atoms with Crippen LogP contribution in [0.2, 0.25) is 5.02 Å². The van der Waals surface area contributed by atoms with Crippen LogP contribution in [0.5, 0.6) is 11.5 Å². The van der Waals surface area contributed by atoms with E-state index in [1.807, 2.05) is 12.1 Å². The van der Waals surface area contributed by atoms with Crippen molar-refractivity contribution in [2.24, 2.45) is 4.99 Å². The molecule has 184 valence electrons. The number of hydrogen-bond acceptors (Lipinski definition) is 5. The average Bonchev–Trinajstić information content (AvgIpc) is 2.85. The standard InChI is InChI=1S/C26H24ClN5O4/c1-3-31-25(34)30-24(32(26(31)35)16-18-4-6-19(27)7-5-18)29-21-10-14-23(15-11-21)36-22-12-8-20(9-13-22)28-17(2)33/h4-15H,3,16H2,1-2H3,(H,28,33)(H,29,30,34). The molecule has 0 spiro atoms. The van der Waals surface area contributed by atoms with Gasteiger partial charge < -0.3 is 10.1 Å². The Morgan fingerprint density at radius 1 is 0.944 bits per heavy atom. The summed E-state index contributed by atoms with van der Waals surface area (Å²) in [6.07, 6.45) is 0. The molecule has 4 rings (SSSR count). The monoisotopic (exact) mass is 505 g/mol. The first-order chi connectivity index (χ1) is 17.3. The molecule has 0 bridgehead atoms. The second-order valence-corrected chi connectivity index (χ2v) is 8.34. The van der Waals surface area contributed by atoms with E-state index in [4.69, 9.17) is 16.3 Å². The fourth-order valence-corrected chi connectivity index (χ4v) is 3.62. The van der Waals surface area contributed by atoms with E-state index >= 15 is 0 Å². The third-order valence-corrected chi connectivity index (χ3v) is 5.49. The van der Waals surface area contributed by atoms with Crippen molar-refractivity contribution < 1.29 is 9.53 Å². The lowest BCUT2D eigenvalue weighted by atomic mass is 10.2. The molecule has 10 heteroatoms. The topological polar surface area (TPSA) is 110 Å². The molecule has 4 aromatic rings. The number of benzene rings is 3. The number of H-pyrrole nitrogens is 1. The van der Waals surface area contributed by atoms with E-state index in [1.165, 1.54) is 11.5 Å². The summed E-state index contributed by atoms with van der Waals surface area (Å²) in [6.45, 7) is 3.61. The van der Waals surface area contributed by atoms with Crippen LogP contribution < -0.4 is 27.1 Å². The summed E-state index contributed by atoms with van der Waals surface area (Å²) in [5.74, 6) is 1.03. The molecule has 0 aliphatic carbocycles. The van der Waals surface area contributed by atoms with Gasteiger partial charge in [-0.2, -0.15) is 0 Å². The highest BCUT2D eigenvalue weighted by molar-refractivity contribution is 6.30. The summed E-state index contributed by atoms with van der Waals surface area (Å²) >= 11 is 5.98. The van der Waals surface area contributed by atoms with Crippen molar-refractivity contribution in [2.45, 2.75) is 26.9 Å². The SMILES string of the molecule is CCn1c(=O)[nH]/c(=N\c2ccc(Oc3ccc(NC(C)=O)cc3)cc2)n(Cc2ccc(Cl)cc2)c1=O. The maximum absolute atomic E-state index is 13.0. The number of aromatic amines is 1. The van der Waals surface area contributed by atoms with Crippen LogP contribution in [0, 0.1) is 0 Å². The number of nitrogens with one attached hydrogen (secondary N) is 2. The number of anilines is 1. The Labute approximate surface area is 211 Å². The Kier molecular flexibility index (Phi) is 7.50. The fourth-order valence-electron chi connectivity index (χ4n) is 3.49. The number of halogens is 1. The summed E-state index contributed by atoms with van der Waals surface area (Å²) in [7, 11) is 0. The normalized spacial score (nSPS) is 11.4. The molecule has 9 nitrogen and oxygen atoms in total. The third-order valence-electron chi connectivity index (χ3n) is 5.23. The minimum Gasteiger partial charge on any atom is -0.457 e. The first-order valence-electron chi connectivity index (χ1n) is 11.2. The summed E-state index contributed by atoms with van der Waals surface area (Å²) in [5, 5.41) is 3.29. The first kappa shape index (κ1) is 24.7. The van der Waals surface area contributed by atoms with Gasteiger partial charge in [-0.25, -0.2) is 19.1 Å². The molecule has 36 heavy (non-hydrogen) atoms. The van der Waals surface area contributed by atoms with Crippen LogP contribution >= 0.6 is 11.6 Å². The van der Waals surface area contributed by atoms with E-state index in [0.717, 1.165) is 10.1 Å². The highest BCUT2D eigenvalue weighted by Gasteiger charge is 2.09. The smallest absolute Gasteiger partial charge is 0.335 e. The maximum atomic E-state index is 13.0. The number of amides is 1. The van der Waals surface area contributed by atoms with Crippen LogP contribution in [0.1, 0.15) is 19.4 Å². The third kappa shape index (κ3) is 6.00. The Balaban J connectivity index is 1.62. The van der Waals surface area contributed by atoms with Gasteiger partial charge in [0, 0.05) is 24.2 Å². The van der Waals surface area contributed by atoms with Gasteiger partial charge in [0.15, 0.2) is 0 Å². The van der Waals surface area contributed by atoms with Gasteiger partial charge in [0.25, 0.3) is 0 Å². The molecule has 1 aromatic heterocycles. The second-order valence-electron chi connectivity index (χ2n) is 7.91. The molecule has 0 aliphatic heterocycles. The van der Waals surface area contributed by atoms with Gasteiger partial charge in [-0.1, -0.05) is 23.7 Å². The van der Waals surface area contributed by atoms with E-state index in [9.17, 15) is 14.4 Å². The Hall–Kier alpha value is -4.37. The fraction of sp³-hybridized carbons (Fsp3) is 0.154. The second kappa shape index (κ2) is 10.9. The molecule has 0 unspecified atom stereocenters. The van der Waals surface area contributed by atoms with E-state index in [-0.39, 0.29) is 24.6 Å². The van der Waals surface area contributed by atoms with E-state index in [1.54, 1.807) is 67.6 Å². The zero-order valence-electron chi connectivity index (χ0n) is 19.7. The lowest BCUT2D eigenvalue weighted by Crippen LogP contribution is -2.49. The van der Waals surface area contributed by atoms with Gasteiger partial charge in [-0.05, 0) is 73.2 Å². The number of aromatic nitrogens is 3. The minimum absolute atomic E-state index is 0.131. The van der Waals surface area contributed by atoms with E-state index in [2.05, 4.69) is 15.3 Å². The van der Waals surface area contributed by atoms with Gasteiger partial charge >= 0.3 is 11.4 Å². The molecule has 0 fully saturated rings. The molecule has 3 aromatic carbocycles. The highest BCUT2D eigenvalue weighted by Crippen LogP contribution is 2.25. The van der Waals surface area contributed by atoms with Crippen molar-refractivity contribution in [3.63, 3.8) is 0 Å². The van der Waals surface area contributed by atoms with Gasteiger partial charge in [0.05, 0.1) is 12.2 Å². The van der Waals surface area contributed by atoms with Crippen LogP contribution in [0.4, 0.5) is 11.4 Å². The van der Waals surface area contributed by atoms with E-state index < -0.39 is 11.4 Å². The average molecular weight is 506 g/mol. The van der Waals surface area contributed by atoms with Gasteiger partial charge in [-0.3, -0.25) is 14.3 Å². The quantitative estimate of drug-likeness (QED) is 0.395. The maximum Gasteiger partial charge on any atom is 0.335 e. The molecule has 2 N–H and O–H groups in total. The van der Waals surface area contributed by atoms with Crippen LogP contribution in [0.25, 0.3) is 0 Å². The number of nitrogens with zero attached hydrogens (tertiary/aromatic N) is 3. The van der Waals surface area contributed by atoms with Gasteiger partial charge in [0.1, 0.15) is 11.5 Å². The van der Waals surface area contributed by atoms with Crippen molar-refractivity contribution in [1.82, 2.24) is 14.1 Å². The molecule has 0 atom stereocenters. The van der Waals surface area contributed by atoms with Crippen molar-refractivity contribution in [3.05, 3.63) is 110 Å². The van der Waals surface area contributed by atoms with Crippen molar-refractivity contribution in [2.75, 3.05) is 5.32 Å². The number of rotatable bonds is 7. The van der Waals surface area contributed by atoms with Crippen LogP contribution in [-0.4, -0.2) is 20.0 Å². The molecular weight excluding hydrogens is 482 g/mol. The van der Waals surface area contributed by atoms with Crippen LogP contribution in [0.15, 0.2) is 87.4 Å². The van der Waals surface area contributed by atoms with E-state index in [0.29, 0.717) is 27.9 Å². The number of hydrogen-bond donors (Lipinski definition) is 2. The van der Waals surface area contributed by atoms with Crippen LogP contribution in [-0.2, 0) is 17.9 Å². The number of ether oxygens (including phenoxy) is 1. The zero-order chi connectivity index (χ0) is 25.7. The minimum atomic E-state index is -0.531. The molecule has 0 saturated carbocycles. The van der Waals surface area contributed by atoms with Gasteiger partial charge in [0.2, 0.25) is 11.5 Å². The van der Waals surface area contributed by atoms with Crippen molar-refractivity contribution >= 4 is 28.9 Å². The summed E-state index contributed by atoms with van der Waals surface area (Å²) < 4.78 is 8.37. The Morgan fingerprint density at radius 3 is 2.14 bits per heavy atom. The van der Waals surface area contributed by atoms with Crippen LogP contribution in [0.3, 0.4) is 0 Å². The Morgan fingerprint density at radius 2 is 1.56 bits per heavy atom. The van der Waals surface area contributed by atoms with Crippen molar-refractivity contribution in [1.29, 1.82) is 0 Å². The highest BCUT2D eigenvalue weighted by atomic mass is 35.5. The molecule has 0 aliphatic rings. The van der Waals surface area contributed by atoms with Gasteiger partial charge in [-0.15, -0.1) is 0 Å². The Bertz CT molecular complexity index is 1550. The number of carbonyl (C=O) groups is 1.